The lowest BCUT2D eigenvalue weighted by atomic mass is 10.0. The molecule has 2 aromatic rings. The number of hydrogen-bond acceptors (Lipinski definition) is 3. The Morgan fingerprint density at radius 1 is 1.13 bits per heavy atom. The van der Waals surface area contributed by atoms with E-state index >= 15 is 0 Å². The molecular formula is C18H14FN3O. The average Bonchev–Trinajstić information content (AvgIpc) is 2.93. The molecule has 1 heterocycles. The maximum absolute atomic E-state index is 13.2. The van der Waals surface area contributed by atoms with Gasteiger partial charge < -0.3 is 15.5 Å². The molecule has 0 aromatic heterocycles. The smallest absolute Gasteiger partial charge is 0.198 e. The summed E-state index contributed by atoms with van der Waals surface area (Å²) < 4.78 is 18.7. The van der Waals surface area contributed by atoms with Crippen molar-refractivity contribution in [1.29, 1.82) is 0 Å². The van der Waals surface area contributed by atoms with Crippen molar-refractivity contribution in [3.05, 3.63) is 54.3 Å². The number of ether oxygens (including phenoxy) is 1. The number of fused-ring (bicyclic) bond motifs is 3. The molecule has 0 saturated carbocycles. The maximum atomic E-state index is 13.2. The Labute approximate surface area is 132 Å². The van der Waals surface area contributed by atoms with Crippen LogP contribution in [-0.2, 0) is 0 Å². The first-order chi connectivity index (χ1) is 11.2. The second-order valence-corrected chi connectivity index (χ2v) is 5.34. The number of nitrogens with two attached hydrogens (primary N) is 1. The molecule has 4 nitrogen and oxygen atoms in total. The predicted molar refractivity (Wildman–Crippen MR) is 89.1 cm³/mol. The van der Waals surface area contributed by atoms with Gasteiger partial charge in [0.25, 0.3) is 0 Å². The van der Waals surface area contributed by atoms with E-state index in [-0.39, 0.29) is 5.82 Å². The normalized spacial score (nSPS) is 11.2. The molecule has 4 rings (SSSR count). The molecule has 1 aliphatic heterocycles. The van der Waals surface area contributed by atoms with Gasteiger partial charge >= 0.3 is 0 Å². The van der Waals surface area contributed by atoms with Crippen LogP contribution < -0.4 is 10.5 Å². The Morgan fingerprint density at radius 2 is 1.91 bits per heavy atom. The second kappa shape index (κ2) is 4.98. The third kappa shape index (κ3) is 2.09. The summed E-state index contributed by atoms with van der Waals surface area (Å²) in [5, 5.41) is 1.99. The maximum Gasteiger partial charge on any atom is 0.198 e. The first kappa shape index (κ1) is 13.6. The van der Waals surface area contributed by atoms with Crippen molar-refractivity contribution in [3.63, 3.8) is 0 Å². The highest BCUT2D eigenvalue weighted by molar-refractivity contribution is 6.07. The number of aromatic nitrogens is 2. The zero-order valence-electron chi connectivity index (χ0n) is 12.4. The fourth-order valence-corrected chi connectivity index (χ4v) is 2.95. The summed E-state index contributed by atoms with van der Waals surface area (Å²) in [5.41, 5.74) is 9.27. The predicted octanol–water partition coefficient (Wildman–Crippen LogP) is 4.06. The molecule has 0 saturated heterocycles. The largest absolute Gasteiger partial charge is 0.496 e. The number of rotatable bonds is 2. The molecule has 0 atom stereocenters. The van der Waals surface area contributed by atoms with Crippen LogP contribution in [0.4, 0.5) is 10.3 Å². The quantitative estimate of drug-likeness (QED) is 0.587. The fraction of sp³-hybridized carbons (Fsp3) is 0.0556. The van der Waals surface area contributed by atoms with Crippen molar-refractivity contribution in [3.8, 4) is 28.3 Å². The summed E-state index contributed by atoms with van der Waals surface area (Å²) in [6.45, 7) is 0. The van der Waals surface area contributed by atoms with Crippen LogP contribution in [0.5, 0.6) is 5.75 Å². The highest BCUT2D eigenvalue weighted by Crippen LogP contribution is 2.42. The number of benzene rings is 2. The molecule has 2 aliphatic rings. The Hall–Kier alpha value is -3.08. The van der Waals surface area contributed by atoms with E-state index < -0.39 is 0 Å². The zero-order chi connectivity index (χ0) is 16.0. The molecular weight excluding hydrogens is 293 g/mol. The van der Waals surface area contributed by atoms with Gasteiger partial charge in [0.15, 0.2) is 5.95 Å². The molecule has 1 aliphatic carbocycles. The van der Waals surface area contributed by atoms with E-state index in [9.17, 15) is 4.39 Å². The van der Waals surface area contributed by atoms with Crippen LogP contribution >= 0.6 is 0 Å². The minimum atomic E-state index is -0.283. The zero-order valence-corrected chi connectivity index (χ0v) is 12.4. The number of methoxy groups -OCH3 is 1. The van der Waals surface area contributed by atoms with Crippen molar-refractivity contribution < 1.29 is 9.13 Å². The third-order valence-electron chi connectivity index (χ3n) is 3.96. The Morgan fingerprint density at radius 3 is 2.65 bits per heavy atom. The fourth-order valence-electron chi connectivity index (χ4n) is 2.95. The van der Waals surface area contributed by atoms with Crippen LogP contribution in [0.2, 0.25) is 0 Å². The lowest BCUT2D eigenvalue weighted by Crippen LogP contribution is -2.00. The topological polar surface area (TPSA) is 63.9 Å². The van der Waals surface area contributed by atoms with Crippen molar-refractivity contribution in [2.24, 2.45) is 0 Å². The van der Waals surface area contributed by atoms with Crippen LogP contribution in [0, 0.1) is 5.82 Å². The number of nitrogen functional groups attached to an aromatic ring is 1. The SMILES string of the molecule is COc1cccc2cc3c(-c4ccc(F)cc4)nc(N)[nH]c-3c12. The van der Waals surface area contributed by atoms with Crippen molar-refractivity contribution in [2.75, 3.05) is 12.8 Å². The number of H-pyrrole nitrogens is 1. The summed E-state index contributed by atoms with van der Waals surface area (Å²) >= 11 is 0. The van der Waals surface area contributed by atoms with E-state index in [1.54, 1.807) is 19.2 Å². The van der Waals surface area contributed by atoms with E-state index in [0.717, 1.165) is 39.0 Å². The number of hydrogen-bond donors (Lipinski definition) is 2. The van der Waals surface area contributed by atoms with Crippen LogP contribution in [0.1, 0.15) is 0 Å². The molecule has 0 unspecified atom stereocenters. The third-order valence-corrected chi connectivity index (χ3v) is 3.96. The van der Waals surface area contributed by atoms with Gasteiger partial charge in [-0.3, -0.25) is 0 Å². The Bertz CT molecular complexity index is 976. The molecule has 23 heavy (non-hydrogen) atoms. The Balaban J connectivity index is 2.06. The van der Waals surface area contributed by atoms with Gasteiger partial charge in [-0.05, 0) is 41.8 Å². The standard InChI is InChI=1S/C18H14FN3O/c1-23-14-4-2-3-11-9-13-16(10-5-7-12(19)8-6-10)21-18(20)22-17(13)15(11)14/h2-9H,1H3,(H3,20,21,22). The Kier molecular flexibility index (Phi) is 2.94. The van der Waals surface area contributed by atoms with E-state index in [2.05, 4.69) is 9.97 Å². The van der Waals surface area contributed by atoms with Gasteiger partial charge in [0.2, 0.25) is 0 Å². The minimum absolute atomic E-state index is 0.283. The molecule has 0 bridgehead atoms. The lowest BCUT2D eigenvalue weighted by Gasteiger charge is -2.11. The molecule has 0 radical (unpaired) electrons. The van der Waals surface area contributed by atoms with Gasteiger partial charge in [-0.1, -0.05) is 12.1 Å². The molecule has 2 aromatic carbocycles. The minimum Gasteiger partial charge on any atom is -0.496 e. The molecule has 0 fully saturated rings. The van der Waals surface area contributed by atoms with E-state index in [1.165, 1.54) is 12.1 Å². The molecule has 114 valence electrons. The van der Waals surface area contributed by atoms with Gasteiger partial charge in [-0.25, -0.2) is 9.37 Å². The molecule has 3 N–H and O–H groups in total. The van der Waals surface area contributed by atoms with Gasteiger partial charge in [-0.2, -0.15) is 0 Å². The van der Waals surface area contributed by atoms with Crippen LogP contribution in [-0.4, -0.2) is 17.1 Å². The van der Waals surface area contributed by atoms with Gasteiger partial charge in [0.1, 0.15) is 11.6 Å². The van der Waals surface area contributed by atoms with Crippen molar-refractivity contribution in [2.45, 2.75) is 0 Å². The first-order valence-corrected chi connectivity index (χ1v) is 7.18. The number of aromatic amines is 1. The van der Waals surface area contributed by atoms with E-state index in [0.29, 0.717) is 5.95 Å². The number of nitrogens with zero attached hydrogens (tertiary/aromatic N) is 1. The molecule has 0 amide bonds. The summed E-state index contributed by atoms with van der Waals surface area (Å²) in [4.78, 5) is 7.53. The van der Waals surface area contributed by atoms with Crippen LogP contribution in [0.25, 0.3) is 33.3 Å². The van der Waals surface area contributed by atoms with Crippen LogP contribution in [0.3, 0.4) is 0 Å². The number of nitrogens with one attached hydrogen (secondary N) is 1. The summed E-state index contributed by atoms with van der Waals surface area (Å²) in [5.74, 6) is 0.787. The first-order valence-electron chi connectivity index (χ1n) is 7.18. The van der Waals surface area contributed by atoms with Gasteiger partial charge in [0.05, 0.1) is 18.5 Å². The number of halogens is 1. The summed E-state index contributed by atoms with van der Waals surface area (Å²) in [6, 6.07) is 14.1. The molecule has 5 heteroatoms. The van der Waals surface area contributed by atoms with Crippen molar-refractivity contribution >= 4 is 16.7 Å². The summed E-state index contributed by atoms with van der Waals surface area (Å²) in [6.07, 6.45) is 0. The highest BCUT2D eigenvalue weighted by Gasteiger charge is 2.20. The number of anilines is 1. The second-order valence-electron chi connectivity index (χ2n) is 5.34. The lowest BCUT2D eigenvalue weighted by molar-refractivity contribution is 0.420. The highest BCUT2D eigenvalue weighted by atomic mass is 19.1. The van der Waals surface area contributed by atoms with Crippen molar-refractivity contribution in [1.82, 2.24) is 9.97 Å². The van der Waals surface area contributed by atoms with E-state index in [1.807, 2.05) is 24.3 Å². The monoisotopic (exact) mass is 307 g/mol. The summed E-state index contributed by atoms with van der Waals surface area (Å²) in [7, 11) is 1.64. The van der Waals surface area contributed by atoms with Gasteiger partial charge in [0, 0.05) is 16.5 Å². The van der Waals surface area contributed by atoms with E-state index in [4.69, 9.17) is 10.5 Å². The molecule has 0 spiro atoms. The van der Waals surface area contributed by atoms with Crippen LogP contribution in [0.15, 0.2) is 48.5 Å². The van der Waals surface area contributed by atoms with Gasteiger partial charge in [-0.15, -0.1) is 0 Å². The average molecular weight is 307 g/mol.